The first-order valence-electron chi connectivity index (χ1n) is 5.64. The molecule has 0 fully saturated rings. The Balaban J connectivity index is 2.31. The zero-order valence-corrected chi connectivity index (χ0v) is 10.6. The molecule has 0 spiro atoms. The summed E-state index contributed by atoms with van der Waals surface area (Å²) in [5.41, 5.74) is 2.18. The summed E-state index contributed by atoms with van der Waals surface area (Å²) in [6, 6.07) is 5.00. The van der Waals surface area contributed by atoms with Gasteiger partial charge in [-0.1, -0.05) is 6.07 Å². The van der Waals surface area contributed by atoms with Crippen molar-refractivity contribution in [3.8, 4) is 0 Å². The van der Waals surface area contributed by atoms with Crippen LogP contribution in [0.4, 0.5) is 21.7 Å². The zero-order valence-electron chi connectivity index (χ0n) is 10.6. The third-order valence-electron chi connectivity index (χ3n) is 2.76. The van der Waals surface area contributed by atoms with Crippen LogP contribution in [0.3, 0.4) is 0 Å². The highest BCUT2D eigenvalue weighted by atomic mass is 19.1. The fraction of sp³-hybridized carbons (Fsp3) is 0.231. The Labute approximate surface area is 105 Å². The van der Waals surface area contributed by atoms with Crippen LogP contribution in [0.15, 0.2) is 24.5 Å². The summed E-state index contributed by atoms with van der Waals surface area (Å²) in [6.07, 6.45) is 1.46. The average Bonchev–Trinajstić information content (AvgIpc) is 2.36. The van der Waals surface area contributed by atoms with E-state index in [1.54, 1.807) is 20.0 Å². The minimum Gasteiger partial charge on any atom is -0.373 e. The van der Waals surface area contributed by atoms with Crippen LogP contribution in [0.1, 0.15) is 11.1 Å². The van der Waals surface area contributed by atoms with Crippen molar-refractivity contribution < 1.29 is 4.39 Å². The second kappa shape index (κ2) is 5.00. The number of rotatable bonds is 3. The van der Waals surface area contributed by atoms with E-state index in [0.717, 1.165) is 11.4 Å². The first-order valence-corrected chi connectivity index (χ1v) is 5.64. The molecule has 0 saturated carbocycles. The van der Waals surface area contributed by atoms with Gasteiger partial charge in [0.2, 0.25) is 0 Å². The Kier molecular flexibility index (Phi) is 3.41. The largest absolute Gasteiger partial charge is 0.373 e. The molecule has 1 aromatic carbocycles. The Morgan fingerprint density at radius 2 is 1.83 bits per heavy atom. The number of hydrogen-bond acceptors (Lipinski definition) is 4. The number of aryl methyl sites for hydroxylation is 1. The van der Waals surface area contributed by atoms with E-state index in [0.29, 0.717) is 17.1 Å². The Hall–Kier alpha value is -2.17. The molecule has 0 radical (unpaired) electrons. The number of nitrogens with one attached hydrogen (secondary N) is 2. The molecular formula is C13H15FN4. The maximum atomic E-state index is 13.4. The number of anilines is 3. The third kappa shape index (κ3) is 2.40. The molecule has 2 N–H and O–H groups in total. The molecule has 0 aliphatic rings. The molecule has 18 heavy (non-hydrogen) atoms. The van der Waals surface area contributed by atoms with E-state index in [1.807, 2.05) is 13.0 Å². The normalized spacial score (nSPS) is 10.2. The topological polar surface area (TPSA) is 49.8 Å². The predicted octanol–water partition coefficient (Wildman–Crippen LogP) is 3.02. The summed E-state index contributed by atoms with van der Waals surface area (Å²) >= 11 is 0. The van der Waals surface area contributed by atoms with Gasteiger partial charge in [-0.3, -0.25) is 0 Å². The van der Waals surface area contributed by atoms with E-state index in [1.165, 1.54) is 12.4 Å². The molecule has 1 aromatic heterocycles. The lowest BCUT2D eigenvalue weighted by Gasteiger charge is -2.11. The van der Waals surface area contributed by atoms with Crippen LogP contribution >= 0.6 is 0 Å². The minimum absolute atomic E-state index is 0.236. The molecule has 2 rings (SSSR count). The van der Waals surface area contributed by atoms with E-state index in [9.17, 15) is 4.39 Å². The van der Waals surface area contributed by atoms with E-state index >= 15 is 0 Å². The molecule has 0 aliphatic carbocycles. The highest BCUT2D eigenvalue weighted by Gasteiger charge is 2.06. The molecule has 0 bridgehead atoms. The molecule has 5 heteroatoms. The fourth-order valence-corrected chi connectivity index (χ4v) is 1.64. The lowest BCUT2D eigenvalue weighted by atomic mass is 10.2. The van der Waals surface area contributed by atoms with Crippen LogP contribution in [0, 0.1) is 19.7 Å². The van der Waals surface area contributed by atoms with Crippen LogP contribution < -0.4 is 10.6 Å². The first-order chi connectivity index (χ1) is 8.61. The van der Waals surface area contributed by atoms with Gasteiger partial charge in [-0.15, -0.1) is 0 Å². The number of benzene rings is 1. The van der Waals surface area contributed by atoms with Gasteiger partial charge in [0.25, 0.3) is 0 Å². The molecule has 0 atom stereocenters. The summed E-state index contributed by atoms with van der Waals surface area (Å²) in [6.45, 7) is 3.63. The Bertz CT molecular complexity index is 569. The second-order valence-electron chi connectivity index (χ2n) is 4.03. The molecular weight excluding hydrogens is 231 g/mol. The van der Waals surface area contributed by atoms with Crippen LogP contribution in [0.2, 0.25) is 0 Å². The number of hydrogen-bond donors (Lipinski definition) is 2. The van der Waals surface area contributed by atoms with E-state index in [-0.39, 0.29) is 5.82 Å². The molecule has 0 amide bonds. The van der Waals surface area contributed by atoms with Crippen molar-refractivity contribution >= 4 is 17.3 Å². The summed E-state index contributed by atoms with van der Waals surface area (Å²) in [5, 5.41) is 6.06. The lowest BCUT2D eigenvalue weighted by Crippen LogP contribution is -2.02. The van der Waals surface area contributed by atoms with Gasteiger partial charge in [-0.05, 0) is 31.5 Å². The predicted molar refractivity (Wildman–Crippen MR) is 70.7 cm³/mol. The molecule has 1 heterocycles. The quantitative estimate of drug-likeness (QED) is 0.874. The van der Waals surface area contributed by atoms with Gasteiger partial charge in [-0.2, -0.15) is 0 Å². The van der Waals surface area contributed by atoms with Crippen LogP contribution in [0.25, 0.3) is 0 Å². The van der Waals surface area contributed by atoms with Crippen molar-refractivity contribution in [1.29, 1.82) is 0 Å². The molecule has 94 valence electrons. The van der Waals surface area contributed by atoms with E-state index in [4.69, 9.17) is 0 Å². The molecule has 0 aliphatic heterocycles. The second-order valence-corrected chi connectivity index (χ2v) is 4.03. The van der Waals surface area contributed by atoms with Crippen molar-refractivity contribution in [1.82, 2.24) is 9.97 Å². The SMILES string of the molecule is CNc1ncnc(Nc2ccc(C)c(F)c2)c1C. The molecule has 4 nitrogen and oxygen atoms in total. The van der Waals surface area contributed by atoms with Crippen molar-refractivity contribution in [3.05, 3.63) is 41.5 Å². The Morgan fingerprint density at radius 1 is 1.11 bits per heavy atom. The maximum absolute atomic E-state index is 13.4. The maximum Gasteiger partial charge on any atom is 0.138 e. The van der Waals surface area contributed by atoms with Crippen molar-refractivity contribution in [3.63, 3.8) is 0 Å². The van der Waals surface area contributed by atoms with Gasteiger partial charge >= 0.3 is 0 Å². The number of aromatic nitrogens is 2. The molecule has 0 unspecified atom stereocenters. The average molecular weight is 246 g/mol. The van der Waals surface area contributed by atoms with Gasteiger partial charge in [0, 0.05) is 18.3 Å². The zero-order chi connectivity index (χ0) is 13.1. The monoisotopic (exact) mass is 246 g/mol. The van der Waals surface area contributed by atoms with Gasteiger partial charge in [-0.25, -0.2) is 14.4 Å². The summed E-state index contributed by atoms with van der Waals surface area (Å²) < 4.78 is 13.4. The number of nitrogens with zero attached hydrogens (tertiary/aromatic N) is 2. The first kappa shape index (κ1) is 12.3. The highest BCUT2D eigenvalue weighted by Crippen LogP contribution is 2.23. The lowest BCUT2D eigenvalue weighted by molar-refractivity contribution is 0.619. The molecule has 0 saturated heterocycles. The smallest absolute Gasteiger partial charge is 0.138 e. The third-order valence-corrected chi connectivity index (χ3v) is 2.76. The van der Waals surface area contributed by atoms with Gasteiger partial charge in [0.15, 0.2) is 0 Å². The van der Waals surface area contributed by atoms with Crippen molar-refractivity contribution in [2.75, 3.05) is 17.7 Å². The highest BCUT2D eigenvalue weighted by molar-refractivity contribution is 5.64. The van der Waals surface area contributed by atoms with Crippen LogP contribution in [-0.2, 0) is 0 Å². The minimum atomic E-state index is -0.236. The van der Waals surface area contributed by atoms with Crippen molar-refractivity contribution in [2.45, 2.75) is 13.8 Å². The fourth-order valence-electron chi connectivity index (χ4n) is 1.64. The van der Waals surface area contributed by atoms with Crippen LogP contribution in [0.5, 0.6) is 0 Å². The van der Waals surface area contributed by atoms with E-state index < -0.39 is 0 Å². The van der Waals surface area contributed by atoms with Gasteiger partial charge in [0.1, 0.15) is 23.8 Å². The summed E-state index contributed by atoms with van der Waals surface area (Å²) in [5.74, 6) is 1.18. The Morgan fingerprint density at radius 3 is 2.50 bits per heavy atom. The van der Waals surface area contributed by atoms with Gasteiger partial charge in [0.05, 0.1) is 0 Å². The van der Waals surface area contributed by atoms with E-state index in [2.05, 4.69) is 20.6 Å². The molecule has 2 aromatic rings. The number of halogens is 1. The standard InChI is InChI=1S/C13H15FN4/c1-8-4-5-10(6-11(8)14)18-13-9(2)12(15-3)16-7-17-13/h4-7H,1-3H3,(H2,15,16,17,18). The summed E-state index contributed by atoms with van der Waals surface area (Å²) in [4.78, 5) is 8.24. The summed E-state index contributed by atoms with van der Waals surface area (Å²) in [7, 11) is 1.80. The van der Waals surface area contributed by atoms with Gasteiger partial charge < -0.3 is 10.6 Å². The van der Waals surface area contributed by atoms with Crippen LogP contribution in [-0.4, -0.2) is 17.0 Å². The van der Waals surface area contributed by atoms with Crippen molar-refractivity contribution in [2.24, 2.45) is 0 Å².